The predicted octanol–water partition coefficient (Wildman–Crippen LogP) is 0.388. The lowest BCUT2D eigenvalue weighted by molar-refractivity contribution is -0.142. The second-order valence-corrected chi connectivity index (χ2v) is 8.77. The summed E-state index contributed by atoms with van der Waals surface area (Å²) < 4.78 is 0. The maximum Gasteiger partial charge on any atom is 0.326 e. The van der Waals surface area contributed by atoms with Crippen LogP contribution < -0.4 is 27.8 Å². The lowest BCUT2D eigenvalue weighted by Crippen LogP contribution is -2.55. The topological polar surface area (TPSA) is 202 Å². The number of carboxylic acid groups (broad SMARTS) is 1. The number of aromatic amines is 1. The van der Waals surface area contributed by atoms with Crippen molar-refractivity contribution in [3.63, 3.8) is 0 Å². The number of nitrogens with zero attached hydrogens (tertiary/aromatic N) is 1. The van der Waals surface area contributed by atoms with Crippen LogP contribution in [0.1, 0.15) is 24.0 Å². The van der Waals surface area contributed by atoms with Crippen LogP contribution >= 0.6 is 0 Å². The molecule has 0 aliphatic heterocycles. The van der Waals surface area contributed by atoms with E-state index in [0.717, 1.165) is 22.0 Å². The molecule has 3 unspecified atom stereocenters. The Balaban J connectivity index is 1.75. The van der Waals surface area contributed by atoms with Gasteiger partial charge in [-0.05, 0) is 30.0 Å². The normalized spacial score (nSPS) is 13.3. The molecule has 0 radical (unpaired) electrons. The summed E-state index contributed by atoms with van der Waals surface area (Å²) in [5.74, 6) is -2.36. The van der Waals surface area contributed by atoms with Gasteiger partial charge in [-0.15, -0.1) is 0 Å². The number of aromatic nitrogens is 1. The number of aliphatic imine (C=N–C) groups is 1. The molecule has 0 saturated carbocycles. The molecule has 0 bridgehead atoms. The number of para-hydroxylation sites is 1. The molecule has 10 N–H and O–H groups in total. The minimum absolute atomic E-state index is 0.0445. The van der Waals surface area contributed by atoms with Crippen LogP contribution in [0.2, 0.25) is 0 Å². The van der Waals surface area contributed by atoms with Crippen molar-refractivity contribution in [3.8, 4) is 0 Å². The van der Waals surface area contributed by atoms with E-state index in [1.165, 1.54) is 0 Å². The molecule has 11 nitrogen and oxygen atoms in total. The van der Waals surface area contributed by atoms with Crippen LogP contribution in [-0.4, -0.2) is 58.5 Å². The summed E-state index contributed by atoms with van der Waals surface area (Å²) in [6.07, 6.45) is 2.78. The predicted molar refractivity (Wildman–Crippen MR) is 142 cm³/mol. The van der Waals surface area contributed by atoms with Gasteiger partial charge in [0.2, 0.25) is 11.8 Å². The van der Waals surface area contributed by atoms with E-state index in [1.54, 1.807) is 30.5 Å². The second-order valence-electron chi connectivity index (χ2n) is 8.77. The Morgan fingerprint density at radius 1 is 0.919 bits per heavy atom. The first-order chi connectivity index (χ1) is 17.7. The van der Waals surface area contributed by atoms with Crippen molar-refractivity contribution in [1.29, 1.82) is 0 Å². The molecule has 0 spiro atoms. The molecule has 3 aromatic rings. The van der Waals surface area contributed by atoms with Gasteiger partial charge < -0.3 is 37.9 Å². The average Bonchev–Trinajstić information content (AvgIpc) is 3.28. The summed E-state index contributed by atoms with van der Waals surface area (Å²) in [5, 5.41) is 15.9. The number of guanidine groups is 1. The number of carbonyl (C=O) groups is 3. The van der Waals surface area contributed by atoms with E-state index in [0.29, 0.717) is 19.4 Å². The van der Waals surface area contributed by atoms with Crippen molar-refractivity contribution >= 4 is 34.6 Å². The standard InChI is InChI=1S/C26H33N7O4/c27-19(10-6-12-30-26(28)29)23(34)32-21(14-17-15-31-20-11-5-4-9-18(17)20)24(35)33-22(25(36)37)13-16-7-2-1-3-8-16/h1-5,7-9,11,15,19,21-22,31H,6,10,12-14,27H2,(H,32,34)(H,33,35)(H,36,37)(H4,28,29,30). The molecular formula is C26H33N7O4. The summed E-state index contributed by atoms with van der Waals surface area (Å²) in [4.78, 5) is 45.1. The minimum Gasteiger partial charge on any atom is -0.480 e. The Hall–Kier alpha value is -4.38. The molecule has 3 rings (SSSR count). The van der Waals surface area contributed by atoms with E-state index < -0.39 is 35.9 Å². The summed E-state index contributed by atoms with van der Waals surface area (Å²) >= 11 is 0. The molecule has 196 valence electrons. The van der Waals surface area contributed by atoms with Gasteiger partial charge in [-0.3, -0.25) is 14.6 Å². The number of hydrogen-bond donors (Lipinski definition) is 7. The molecule has 1 heterocycles. The van der Waals surface area contributed by atoms with Crippen molar-refractivity contribution in [1.82, 2.24) is 15.6 Å². The van der Waals surface area contributed by atoms with Gasteiger partial charge in [0.1, 0.15) is 12.1 Å². The second kappa shape index (κ2) is 13.1. The van der Waals surface area contributed by atoms with Crippen molar-refractivity contribution < 1.29 is 19.5 Å². The highest BCUT2D eigenvalue weighted by atomic mass is 16.4. The van der Waals surface area contributed by atoms with E-state index >= 15 is 0 Å². The Labute approximate surface area is 214 Å². The molecule has 0 aliphatic carbocycles. The van der Waals surface area contributed by atoms with Gasteiger partial charge in [0.25, 0.3) is 0 Å². The number of nitrogens with two attached hydrogens (primary N) is 3. The zero-order valence-electron chi connectivity index (χ0n) is 20.4. The Morgan fingerprint density at radius 3 is 2.30 bits per heavy atom. The summed E-state index contributed by atoms with van der Waals surface area (Å²) in [6, 6.07) is 13.4. The number of aliphatic carboxylic acids is 1. The third kappa shape index (κ3) is 8.07. The molecule has 37 heavy (non-hydrogen) atoms. The molecule has 2 amide bonds. The molecule has 0 fully saturated rings. The SMILES string of the molecule is NC(N)=NCCCC(N)C(=O)NC(Cc1c[nH]c2ccccc12)C(=O)NC(Cc1ccccc1)C(=O)O. The van der Waals surface area contributed by atoms with Crippen LogP contribution in [0.4, 0.5) is 0 Å². The largest absolute Gasteiger partial charge is 0.480 e. The summed E-state index contributed by atoms with van der Waals surface area (Å²) in [5.41, 5.74) is 19.1. The number of fused-ring (bicyclic) bond motifs is 1. The number of hydrogen-bond acceptors (Lipinski definition) is 5. The number of nitrogens with one attached hydrogen (secondary N) is 3. The van der Waals surface area contributed by atoms with E-state index in [9.17, 15) is 19.5 Å². The van der Waals surface area contributed by atoms with Gasteiger partial charge >= 0.3 is 5.97 Å². The van der Waals surface area contributed by atoms with Crippen LogP contribution in [-0.2, 0) is 27.2 Å². The Morgan fingerprint density at radius 2 is 1.59 bits per heavy atom. The Bertz CT molecular complexity index is 1240. The van der Waals surface area contributed by atoms with Gasteiger partial charge in [0, 0.05) is 36.5 Å². The Kier molecular flexibility index (Phi) is 9.61. The number of carbonyl (C=O) groups excluding carboxylic acids is 2. The van der Waals surface area contributed by atoms with E-state index in [2.05, 4.69) is 20.6 Å². The van der Waals surface area contributed by atoms with Crippen molar-refractivity contribution in [3.05, 3.63) is 71.9 Å². The van der Waals surface area contributed by atoms with E-state index in [1.807, 2.05) is 30.3 Å². The fraction of sp³-hybridized carbons (Fsp3) is 0.308. The quantitative estimate of drug-likeness (QED) is 0.0984. The van der Waals surface area contributed by atoms with Gasteiger partial charge in [0.15, 0.2) is 5.96 Å². The first-order valence-corrected chi connectivity index (χ1v) is 12.0. The summed E-state index contributed by atoms with van der Waals surface area (Å²) in [6.45, 7) is 0.322. The number of benzene rings is 2. The van der Waals surface area contributed by atoms with Crippen molar-refractivity contribution in [2.45, 2.75) is 43.8 Å². The van der Waals surface area contributed by atoms with E-state index in [4.69, 9.17) is 17.2 Å². The number of amides is 2. The van der Waals surface area contributed by atoms with Crippen molar-refractivity contribution in [2.24, 2.45) is 22.2 Å². The monoisotopic (exact) mass is 507 g/mol. The highest BCUT2D eigenvalue weighted by Crippen LogP contribution is 2.19. The fourth-order valence-corrected chi connectivity index (χ4v) is 3.98. The van der Waals surface area contributed by atoms with Crippen molar-refractivity contribution in [2.75, 3.05) is 6.54 Å². The van der Waals surface area contributed by atoms with Gasteiger partial charge in [-0.25, -0.2) is 4.79 Å². The first-order valence-electron chi connectivity index (χ1n) is 12.0. The highest BCUT2D eigenvalue weighted by molar-refractivity contribution is 5.93. The molecule has 11 heteroatoms. The van der Waals surface area contributed by atoms with Crippen LogP contribution in [0.3, 0.4) is 0 Å². The molecular weight excluding hydrogens is 474 g/mol. The number of carboxylic acids is 1. The maximum absolute atomic E-state index is 13.3. The fourth-order valence-electron chi connectivity index (χ4n) is 3.98. The zero-order chi connectivity index (χ0) is 26.8. The smallest absolute Gasteiger partial charge is 0.326 e. The van der Waals surface area contributed by atoms with Crippen LogP contribution in [0.15, 0.2) is 65.8 Å². The zero-order valence-corrected chi connectivity index (χ0v) is 20.4. The first kappa shape index (κ1) is 27.2. The highest BCUT2D eigenvalue weighted by Gasteiger charge is 2.29. The third-order valence-electron chi connectivity index (χ3n) is 5.93. The molecule has 0 aliphatic rings. The molecule has 2 aromatic carbocycles. The summed E-state index contributed by atoms with van der Waals surface area (Å²) in [7, 11) is 0. The molecule has 0 saturated heterocycles. The minimum atomic E-state index is -1.18. The number of rotatable bonds is 13. The van der Waals surface area contributed by atoms with Gasteiger partial charge in [0.05, 0.1) is 6.04 Å². The van der Waals surface area contributed by atoms with E-state index in [-0.39, 0.29) is 18.8 Å². The van der Waals surface area contributed by atoms with Gasteiger partial charge in [-0.2, -0.15) is 0 Å². The maximum atomic E-state index is 13.3. The van der Waals surface area contributed by atoms with Crippen LogP contribution in [0, 0.1) is 0 Å². The van der Waals surface area contributed by atoms with Gasteiger partial charge in [-0.1, -0.05) is 48.5 Å². The lowest BCUT2D eigenvalue weighted by Gasteiger charge is -2.23. The average molecular weight is 508 g/mol. The van der Waals surface area contributed by atoms with Crippen LogP contribution in [0.25, 0.3) is 10.9 Å². The van der Waals surface area contributed by atoms with Crippen LogP contribution in [0.5, 0.6) is 0 Å². The number of H-pyrrole nitrogens is 1. The third-order valence-corrected chi connectivity index (χ3v) is 5.93. The molecule has 3 atom stereocenters. The lowest BCUT2D eigenvalue weighted by atomic mass is 10.0. The molecule has 1 aromatic heterocycles.